The Labute approximate surface area is 119 Å². The summed E-state index contributed by atoms with van der Waals surface area (Å²) in [5.74, 6) is 1.74. The van der Waals surface area contributed by atoms with Gasteiger partial charge in [-0.3, -0.25) is 0 Å². The highest BCUT2D eigenvalue weighted by Crippen LogP contribution is 2.29. The molecule has 1 N–H and O–H groups in total. The van der Waals surface area contributed by atoms with E-state index in [0.717, 1.165) is 18.4 Å². The molecule has 1 aliphatic carbocycles. The first-order valence-electron chi connectivity index (χ1n) is 7.03. The van der Waals surface area contributed by atoms with Crippen molar-refractivity contribution in [3.63, 3.8) is 0 Å². The Morgan fingerprint density at radius 2 is 1.83 bits per heavy atom. The SMILES string of the molecule is Cc1ccc(CNC2CC(C)CC(C)C2)c(Br)c1. The quantitative estimate of drug-likeness (QED) is 0.855. The maximum absolute atomic E-state index is 3.73. The highest BCUT2D eigenvalue weighted by molar-refractivity contribution is 9.10. The van der Waals surface area contributed by atoms with Crippen molar-refractivity contribution >= 4 is 15.9 Å². The maximum Gasteiger partial charge on any atom is 0.0222 e. The Kier molecular flexibility index (Phi) is 4.85. The van der Waals surface area contributed by atoms with Crippen LogP contribution in [0.15, 0.2) is 22.7 Å². The molecule has 2 heteroatoms. The molecular weight excluding hydrogens is 286 g/mol. The Hall–Kier alpha value is -0.340. The van der Waals surface area contributed by atoms with E-state index in [-0.39, 0.29) is 0 Å². The fourth-order valence-corrected chi connectivity index (χ4v) is 3.80. The number of hydrogen-bond donors (Lipinski definition) is 1. The van der Waals surface area contributed by atoms with Gasteiger partial charge in [0.1, 0.15) is 0 Å². The maximum atomic E-state index is 3.73. The lowest BCUT2D eigenvalue weighted by Crippen LogP contribution is -2.35. The molecule has 2 unspecified atom stereocenters. The van der Waals surface area contributed by atoms with Gasteiger partial charge >= 0.3 is 0 Å². The molecular formula is C16H24BrN. The Balaban J connectivity index is 1.91. The number of halogens is 1. The first-order chi connectivity index (χ1) is 8.54. The molecule has 0 spiro atoms. The van der Waals surface area contributed by atoms with E-state index < -0.39 is 0 Å². The number of aryl methyl sites for hydroxylation is 1. The van der Waals surface area contributed by atoms with Crippen LogP contribution in [0.4, 0.5) is 0 Å². The van der Waals surface area contributed by atoms with E-state index in [1.165, 1.54) is 34.9 Å². The number of hydrogen-bond acceptors (Lipinski definition) is 1. The van der Waals surface area contributed by atoms with Crippen molar-refractivity contribution in [2.24, 2.45) is 11.8 Å². The number of nitrogens with one attached hydrogen (secondary N) is 1. The van der Waals surface area contributed by atoms with Crippen LogP contribution in [0.2, 0.25) is 0 Å². The van der Waals surface area contributed by atoms with E-state index in [2.05, 4.69) is 60.2 Å². The van der Waals surface area contributed by atoms with Gasteiger partial charge in [-0.15, -0.1) is 0 Å². The largest absolute Gasteiger partial charge is 0.310 e. The predicted molar refractivity (Wildman–Crippen MR) is 81.7 cm³/mol. The van der Waals surface area contributed by atoms with Gasteiger partial charge in [-0.2, -0.15) is 0 Å². The molecule has 1 aromatic rings. The summed E-state index contributed by atoms with van der Waals surface area (Å²) in [6, 6.07) is 7.30. The van der Waals surface area contributed by atoms with Gasteiger partial charge in [-0.1, -0.05) is 41.9 Å². The molecule has 0 radical (unpaired) electrons. The number of benzene rings is 1. The molecule has 1 nitrogen and oxygen atoms in total. The number of rotatable bonds is 3. The van der Waals surface area contributed by atoms with Crippen LogP contribution in [0.5, 0.6) is 0 Å². The molecule has 1 aromatic carbocycles. The predicted octanol–water partition coefficient (Wildman–Crippen LogP) is 4.67. The van der Waals surface area contributed by atoms with Crippen LogP contribution < -0.4 is 5.32 Å². The van der Waals surface area contributed by atoms with Crippen molar-refractivity contribution < 1.29 is 0 Å². The molecule has 1 aliphatic rings. The van der Waals surface area contributed by atoms with Gasteiger partial charge in [-0.25, -0.2) is 0 Å². The van der Waals surface area contributed by atoms with Crippen LogP contribution in [0.1, 0.15) is 44.2 Å². The molecule has 100 valence electrons. The summed E-state index contributed by atoms with van der Waals surface area (Å²) in [6.45, 7) is 7.87. The van der Waals surface area contributed by atoms with Crippen molar-refractivity contribution in [2.75, 3.05) is 0 Å². The second kappa shape index (κ2) is 6.21. The average Bonchev–Trinajstić information content (AvgIpc) is 2.26. The topological polar surface area (TPSA) is 12.0 Å². The molecule has 2 rings (SSSR count). The highest BCUT2D eigenvalue weighted by atomic mass is 79.9. The van der Waals surface area contributed by atoms with Crippen LogP contribution in [-0.2, 0) is 6.54 Å². The third kappa shape index (κ3) is 3.83. The molecule has 0 aliphatic heterocycles. The molecule has 2 atom stereocenters. The minimum atomic E-state index is 0.692. The smallest absolute Gasteiger partial charge is 0.0222 e. The average molecular weight is 310 g/mol. The highest BCUT2D eigenvalue weighted by Gasteiger charge is 2.23. The molecule has 0 heterocycles. The molecule has 0 bridgehead atoms. The normalized spacial score (nSPS) is 28.3. The minimum absolute atomic E-state index is 0.692. The zero-order valence-electron chi connectivity index (χ0n) is 11.7. The van der Waals surface area contributed by atoms with Gasteiger partial charge in [0, 0.05) is 17.1 Å². The lowest BCUT2D eigenvalue weighted by Gasteiger charge is -2.32. The zero-order valence-corrected chi connectivity index (χ0v) is 13.3. The fourth-order valence-electron chi connectivity index (χ4n) is 3.16. The van der Waals surface area contributed by atoms with Gasteiger partial charge in [0.15, 0.2) is 0 Å². The summed E-state index contributed by atoms with van der Waals surface area (Å²) < 4.78 is 1.23. The standard InChI is InChI=1S/C16H24BrN/c1-11-4-5-14(16(17)9-11)10-18-15-7-12(2)6-13(3)8-15/h4-5,9,12-13,15,18H,6-8,10H2,1-3H3. The zero-order chi connectivity index (χ0) is 13.1. The van der Waals surface area contributed by atoms with Gasteiger partial charge in [-0.05, 0) is 55.2 Å². The lowest BCUT2D eigenvalue weighted by atomic mass is 9.80. The minimum Gasteiger partial charge on any atom is -0.310 e. The second-order valence-corrected chi connectivity index (χ2v) is 6.94. The van der Waals surface area contributed by atoms with E-state index in [1.54, 1.807) is 0 Å². The first kappa shape index (κ1) is 14.1. The van der Waals surface area contributed by atoms with Crippen LogP contribution in [0.25, 0.3) is 0 Å². The molecule has 0 saturated heterocycles. The van der Waals surface area contributed by atoms with Crippen LogP contribution in [0.3, 0.4) is 0 Å². The summed E-state index contributed by atoms with van der Waals surface area (Å²) >= 11 is 3.66. The van der Waals surface area contributed by atoms with E-state index in [1.807, 2.05) is 0 Å². The van der Waals surface area contributed by atoms with Gasteiger partial charge in [0.2, 0.25) is 0 Å². The van der Waals surface area contributed by atoms with E-state index in [0.29, 0.717) is 6.04 Å². The van der Waals surface area contributed by atoms with E-state index in [4.69, 9.17) is 0 Å². The summed E-state index contributed by atoms with van der Waals surface area (Å²) in [6.07, 6.45) is 4.05. The molecule has 0 amide bonds. The molecule has 0 aromatic heterocycles. The molecule has 1 fully saturated rings. The summed E-state index contributed by atoms with van der Waals surface area (Å²) in [5.41, 5.74) is 2.68. The first-order valence-corrected chi connectivity index (χ1v) is 7.82. The van der Waals surface area contributed by atoms with Crippen LogP contribution in [-0.4, -0.2) is 6.04 Å². The lowest BCUT2D eigenvalue weighted by molar-refractivity contribution is 0.238. The molecule has 1 saturated carbocycles. The van der Waals surface area contributed by atoms with Crippen molar-refractivity contribution in [3.8, 4) is 0 Å². The Morgan fingerprint density at radius 1 is 1.17 bits per heavy atom. The van der Waals surface area contributed by atoms with Gasteiger partial charge in [0.25, 0.3) is 0 Å². The summed E-state index contributed by atoms with van der Waals surface area (Å²) in [5, 5.41) is 3.73. The van der Waals surface area contributed by atoms with E-state index >= 15 is 0 Å². The third-order valence-corrected chi connectivity index (χ3v) is 4.71. The monoisotopic (exact) mass is 309 g/mol. The summed E-state index contributed by atoms with van der Waals surface area (Å²) in [4.78, 5) is 0. The summed E-state index contributed by atoms with van der Waals surface area (Å²) in [7, 11) is 0. The Morgan fingerprint density at radius 3 is 2.44 bits per heavy atom. The van der Waals surface area contributed by atoms with E-state index in [9.17, 15) is 0 Å². The van der Waals surface area contributed by atoms with Crippen molar-refractivity contribution in [1.82, 2.24) is 5.32 Å². The van der Waals surface area contributed by atoms with Crippen molar-refractivity contribution in [2.45, 2.75) is 52.6 Å². The van der Waals surface area contributed by atoms with Gasteiger partial charge in [0.05, 0.1) is 0 Å². The van der Waals surface area contributed by atoms with Gasteiger partial charge < -0.3 is 5.32 Å². The van der Waals surface area contributed by atoms with Crippen molar-refractivity contribution in [3.05, 3.63) is 33.8 Å². The second-order valence-electron chi connectivity index (χ2n) is 6.09. The molecule has 18 heavy (non-hydrogen) atoms. The fraction of sp³-hybridized carbons (Fsp3) is 0.625. The van der Waals surface area contributed by atoms with Crippen LogP contribution in [0, 0.1) is 18.8 Å². The van der Waals surface area contributed by atoms with Crippen molar-refractivity contribution in [1.29, 1.82) is 0 Å². The van der Waals surface area contributed by atoms with Crippen LogP contribution >= 0.6 is 15.9 Å². The third-order valence-electron chi connectivity index (χ3n) is 3.97. The Bertz CT molecular complexity index is 392.